The van der Waals surface area contributed by atoms with Crippen molar-refractivity contribution >= 4 is 58.0 Å². The quantitative estimate of drug-likeness (QED) is 0.0580. The number of aliphatic hydroxyl groups is 1. The van der Waals surface area contributed by atoms with Gasteiger partial charge in [0.25, 0.3) is 5.91 Å². The summed E-state index contributed by atoms with van der Waals surface area (Å²) < 4.78 is 23.3. The van der Waals surface area contributed by atoms with E-state index in [1.807, 2.05) is 48.4 Å². The van der Waals surface area contributed by atoms with Crippen LogP contribution in [0.2, 0.25) is 0 Å². The highest BCUT2D eigenvalue weighted by Gasteiger charge is 2.58. The van der Waals surface area contributed by atoms with Crippen molar-refractivity contribution in [2.24, 2.45) is 11.7 Å². The highest BCUT2D eigenvalue weighted by molar-refractivity contribution is 7.13. The van der Waals surface area contributed by atoms with Crippen molar-refractivity contribution in [3.63, 3.8) is 0 Å². The van der Waals surface area contributed by atoms with E-state index in [9.17, 15) is 29.1 Å². The van der Waals surface area contributed by atoms with E-state index in [2.05, 4.69) is 41.3 Å². The fourth-order valence-electron chi connectivity index (χ4n) is 10.7. The monoisotopic (exact) mass is 1070 g/mol. The number of hydrogen-bond donors (Lipinski definition) is 6. The maximum atomic E-state index is 15.8. The number of carbonyl (C=O) groups excluding carboxylic acids is 5. The highest BCUT2D eigenvalue weighted by Crippen LogP contribution is 2.47. The lowest BCUT2D eigenvalue weighted by atomic mass is 9.73. The predicted molar refractivity (Wildman–Crippen MR) is 283 cm³/mol. The number of β-amino-alcohol motifs (C(OH)–C–C–N with tert-alkyl or cyclic N) is 1. The van der Waals surface area contributed by atoms with Crippen LogP contribution in [0.1, 0.15) is 96.0 Å². The highest BCUT2D eigenvalue weighted by atomic mass is 32.1. The van der Waals surface area contributed by atoms with E-state index in [0.29, 0.717) is 60.6 Å². The molecule has 2 saturated heterocycles. The maximum Gasteiger partial charge on any atom is 0.254 e. The van der Waals surface area contributed by atoms with Gasteiger partial charge in [0.1, 0.15) is 23.0 Å². The SMILES string of the molecule is Cc1cc([C@H](C(=O)N2CC(O)CC2(C(N)=O)[C@@H](CC(=O)NCCNC(=O)CN2CCN(C(=O)c3ccc(Nc4nc(C5CC5)cn5c(-c6cn[nH]c6)cnc45)c(F)c3)CC2)c2ccc(-c3scnc3C)cc2)C(C)C)on1. The molecule has 3 aliphatic rings. The van der Waals surface area contributed by atoms with Gasteiger partial charge in [0, 0.05) is 100 Å². The molecule has 7 aromatic rings. The number of H-pyrrole nitrogens is 1. The molecular formula is C54H61FN14O7S. The number of nitrogens with two attached hydrogens (primary N) is 1. The minimum atomic E-state index is -1.82. The Balaban J connectivity index is 0.742. The number of likely N-dealkylation sites (tertiary alicyclic amines) is 1. The number of piperazine rings is 1. The molecule has 77 heavy (non-hydrogen) atoms. The number of benzene rings is 2. The first-order chi connectivity index (χ1) is 37.1. The number of nitrogens with one attached hydrogen (secondary N) is 4. The van der Waals surface area contributed by atoms with Crippen LogP contribution >= 0.6 is 11.3 Å². The second-order valence-corrected chi connectivity index (χ2v) is 21.4. The molecule has 402 valence electrons. The number of halogens is 1. The molecule has 1 aliphatic carbocycles. The minimum Gasteiger partial charge on any atom is -0.391 e. The molecule has 0 spiro atoms. The van der Waals surface area contributed by atoms with Crippen LogP contribution in [0, 0.1) is 25.6 Å². The van der Waals surface area contributed by atoms with E-state index < -0.39 is 47.0 Å². The Morgan fingerprint density at radius 1 is 0.961 bits per heavy atom. The summed E-state index contributed by atoms with van der Waals surface area (Å²) in [5.74, 6) is -4.19. The first-order valence-electron chi connectivity index (χ1n) is 25.8. The number of primary amides is 1. The third-order valence-electron chi connectivity index (χ3n) is 14.9. The molecule has 5 amide bonds. The third kappa shape index (κ3) is 10.9. The van der Waals surface area contributed by atoms with E-state index >= 15 is 4.39 Å². The number of imidazole rings is 1. The first kappa shape index (κ1) is 52.5. The van der Waals surface area contributed by atoms with Crippen molar-refractivity contribution in [2.45, 2.75) is 82.8 Å². The number of fused-ring (bicyclic) bond motifs is 1. The molecule has 7 heterocycles. The standard InChI is InChI=1S/C54H61FN14O7S/c1-30(2)47(44-19-31(3)65-76-44)52(74)69-26-38(70)22-54(69,53(56)75)39(33-5-9-35(10-6-33)48-32(4)60-29-77-48)21-45(71)57-13-14-58-46(72)28-66-15-17-67(18-16-66)51(73)36-11-12-41(40(55)20-36)63-49-50-59-25-43(37-23-61-62-24-37)68(50)27-42(64-49)34-7-8-34/h5-6,9-12,19-20,23-25,27,29-30,34,38-39,47,70H,7-8,13-18,21-22,26,28H2,1-4H3,(H2,56,75)(H,57,71)(H,58,72)(H,61,62)(H,63,64)/t38?,39-,47+,54?/m0/s1. The lowest BCUT2D eigenvalue weighted by molar-refractivity contribution is -0.148. The summed E-state index contributed by atoms with van der Waals surface area (Å²) >= 11 is 1.48. The fourth-order valence-corrected chi connectivity index (χ4v) is 11.5. The molecule has 5 aromatic heterocycles. The van der Waals surface area contributed by atoms with Crippen LogP contribution in [0.5, 0.6) is 0 Å². The lowest BCUT2D eigenvalue weighted by Crippen LogP contribution is -2.61. The Labute approximate surface area is 446 Å². The lowest BCUT2D eigenvalue weighted by Gasteiger charge is -2.43. The van der Waals surface area contributed by atoms with E-state index in [1.54, 1.807) is 60.2 Å². The second-order valence-electron chi connectivity index (χ2n) is 20.5. The number of aryl methyl sites for hydroxylation is 2. The van der Waals surface area contributed by atoms with Crippen LogP contribution in [-0.4, -0.2) is 148 Å². The Morgan fingerprint density at radius 3 is 2.35 bits per heavy atom. The number of hydrogen-bond acceptors (Lipinski definition) is 15. The van der Waals surface area contributed by atoms with Crippen molar-refractivity contribution in [3.8, 4) is 21.7 Å². The van der Waals surface area contributed by atoms with E-state index in [0.717, 1.165) is 45.9 Å². The average molecular weight is 1070 g/mol. The van der Waals surface area contributed by atoms with Gasteiger partial charge in [-0.25, -0.2) is 19.3 Å². The number of anilines is 2. The van der Waals surface area contributed by atoms with Gasteiger partial charge in [-0.05, 0) is 61.9 Å². The topological polar surface area (TPSA) is 275 Å². The van der Waals surface area contributed by atoms with Crippen molar-refractivity contribution in [1.29, 1.82) is 0 Å². The van der Waals surface area contributed by atoms with Gasteiger partial charge in [-0.3, -0.25) is 38.4 Å². The first-order valence-corrected chi connectivity index (χ1v) is 26.7. The van der Waals surface area contributed by atoms with E-state index in [-0.39, 0.29) is 68.0 Å². The van der Waals surface area contributed by atoms with Crippen LogP contribution in [0.15, 0.2) is 83.4 Å². The zero-order chi connectivity index (χ0) is 54.1. The van der Waals surface area contributed by atoms with Crippen LogP contribution < -0.4 is 21.7 Å². The molecule has 1 saturated carbocycles. The number of aromatic amines is 1. The van der Waals surface area contributed by atoms with E-state index in [1.165, 1.54) is 28.4 Å². The third-order valence-corrected chi connectivity index (χ3v) is 15.8. The predicted octanol–water partition coefficient (Wildman–Crippen LogP) is 5.03. The van der Waals surface area contributed by atoms with Crippen molar-refractivity contribution in [1.82, 2.24) is 60.0 Å². The molecule has 0 bridgehead atoms. The van der Waals surface area contributed by atoms with E-state index in [4.69, 9.17) is 15.2 Å². The molecule has 4 atom stereocenters. The van der Waals surface area contributed by atoms with Gasteiger partial charge in [0.15, 0.2) is 11.5 Å². The van der Waals surface area contributed by atoms with Crippen LogP contribution in [-0.2, 0) is 19.2 Å². The van der Waals surface area contributed by atoms with Crippen LogP contribution in [0.4, 0.5) is 15.9 Å². The summed E-state index contributed by atoms with van der Waals surface area (Å²) in [6, 6.07) is 13.3. The number of amides is 5. The second kappa shape index (κ2) is 22.0. The van der Waals surface area contributed by atoms with Gasteiger partial charge in [-0.1, -0.05) is 43.3 Å². The van der Waals surface area contributed by atoms with Gasteiger partial charge in [-0.2, -0.15) is 5.10 Å². The molecule has 2 unspecified atom stereocenters. The largest absolute Gasteiger partial charge is 0.391 e. The van der Waals surface area contributed by atoms with Gasteiger partial charge in [0.2, 0.25) is 23.6 Å². The summed E-state index contributed by atoms with van der Waals surface area (Å²) in [5.41, 5.74) is 12.5. The maximum absolute atomic E-state index is 15.8. The van der Waals surface area contributed by atoms with Crippen molar-refractivity contribution < 1.29 is 38.0 Å². The average Bonchev–Trinajstić information content (AvgIpc) is 3.91. The molecule has 0 radical (unpaired) electrons. The van der Waals surface area contributed by atoms with Crippen LogP contribution in [0.3, 0.4) is 0 Å². The molecule has 2 aliphatic heterocycles. The summed E-state index contributed by atoms with van der Waals surface area (Å²) in [6.45, 7) is 8.78. The molecule has 3 fully saturated rings. The fraction of sp³-hybridized carbons (Fsp3) is 0.407. The number of aliphatic hydroxyl groups excluding tert-OH is 1. The number of nitrogens with zero attached hydrogens (tertiary/aromatic N) is 9. The number of thiazole rings is 1. The molecule has 10 rings (SSSR count). The number of aromatic nitrogens is 7. The molecular weight excluding hydrogens is 1010 g/mol. The van der Waals surface area contributed by atoms with Crippen molar-refractivity contribution in [3.05, 3.63) is 119 Å². The zero-order valence-electron chi connectivity index (χ0n) is 43.2. The molecule has 21 nitrogen and oxygen atoms in total. The summed E-state index contributed by atoms with van der Waals surface area (Å²) in [7, 11) is 0. The zero-order valence-corrected chi connectivity index (χ0v) is 44.0. The Hall–Kier alpha value is -7.89. The summed E-state index contributed by atoms with van der Waals surface area (Å²) in [6.07, 6.45) is 7.60. The molecule has 2 aromatic carbocycles. The summed E-state index contributed by atoms with van der Waals surface area (Å²) in [4.78, 5) is 89.1. The smallest absolute Gasteiger partial charge is 0.254 e. The Morgan fingerprint density at radius 2 is 1.71 bits per heavy atom. The van der Waals surface area contributed by atoms with Crippen LogP contribution in [0.25, 0.3) is 27.3 Å². The van der Waals surface area contributed by atoms with Crippen molar-refractivity contribution in [2.75, 3.05) is 57.7 Å². The Bertz CT molecular complexity index is 3310. The van der Waals surface area contributed by atoms with Gasteiger partial charge < -0.3 is 41.1 Å². The van der Waals surface area contributed by atoms with Gasteiger partial charge in [-0.15, -0.1) is 11.3 Å². The van der Waals surface area contributed by atoms with Gasteiger partial charge in [0.05, 0.1) is 63.9 Å². The minimum absolute atomic E-state index is 0.0474. The number of carbonyl (C=O) groups is 5. The summed E-state index contributed by atoms with van der Waals surface area (Å²) in [5, 5.41) is 31.0. The molecule has 7 N–H and O–H groups in total. The molecule has 23 heteroatoms. The van der Waals surface area contributed by atoms with Gasteiger partial charge >= 0.3 is 0 Å². The Kier molecular flexibility index (Phi) is 15.0. The normalized spacial score (nSPS) is 18.7. The number of rotatable bonds is 19.